The summed E-state index contributed by atoms with van der Waals surface area (Å²) in [7, 11) is 0. The number of ether oxygens (including phenoxy) is 1. The van der Waals surface area contributed by atoms with Crippen LogP contribution in [-0.4, -0.2) is 67.4 Å². The minimum atomic E-state index is -0.868. The van der Waals surface area contributed by atoms with Crippen LogP contribution >= 0.6 is 11.6 Å². The summed E-state index contributed by atoms with van der Waals surface area (Å²) >= 11 is 6.31. The number of rotatable bonds is 8. The second-order valence-corrected chi connectivity index (χ2v) is 11.6. The van der Waals surface area contributed by atoms with Crippen molar-refractivity contribution in [3.8, 4) is 11.5 Å². The van der Waals surface area contributed by atoms with Crippen LogP contribution in [-0.2, 0) is 9.59 Å². The molecule has 2 aliphatic heterocycles. The van der Waals surface area contributed by atoms with E-state index in [-0.39, 0.29) is 41.4 Å². The molecule has 4 atom stereocenters. The number of aromatic amines is 1. The zero-order valence-corrected chi connectivity index (χ0v) is 25.4. The van der Waals surface area contributed by atoms with E-state index in [9.17, 15) is 19.2 Å². The summed E-state index contributed by atoms with van der Waals surface area (Å²) < 4.78 is 5.71. The Morgan fingerprint density at radius 1 is 1.09 bits per heavy atom. The summed E-state index contributed by atoms with van der Waals surface area (Å²) in [5.74, 6) is -0.293. The molecule has 43 heavy (non-hydrogen) atoms. The van der Waals surface area contributed by atoms with Gasteiger partial charge in [-0.25, -0.2) is 10.1 Å². The number of nitrogens with zero attached hydrogens (tertiary/aromatic N) is 4. The number of benzene rings is 1. The molecule has 2 aromatic heterocycles. The van der Waals surface area contributed by atoms with Gasteiger partial charge in [-0.1, -0.05) is 23.7 Å². The molecule has 12 heteroatoms. The van der Waals surface area contributed by atoms with Gasteiger partial charge in [0.1, 0.15) is 17.5 Å². The van der Waals surface area contributed by atoms with Crippen molar-refractivity contribution in [3.05, 3.63) is 80.5 Å². The van der Waals surface area contributed by atoms with E-state index in [1.54, 1.807) is 32.9 Å². The Morgan fingerprint density at radius 2 is 1.88 bits per heavy atom. The van der Waals surface area contributed by atoms with Crippen molar-refractivity contribution in [1.29, 1.82) is 0 Å². The predicted octanol–water partition coefficient (Wildman–Crippen LogP) is 4.09. The average molecular weight is 607 g/mol. The molecule has 0 saturated carbocycles. The fourth-order valence-corrected chi connectivity index (χ4v) is 6.19. The fourth-order valence-electron chi connectivity index (χ4n) is 5.99. The van der Waals surface area contributed by atoms with Crippen LogP contribution in [0.5, 0.6) is 11.5 Å². The van der Waals surface area contributed by atoms with Crippen molar-refractivity contribution >= 4 is 29.3 Å². The van der Waals surface area contributed by atoms with E-state index in [1.165, 1.54) is 12.1 Å². The normalized spacial score (nSPS) is 19.8. The molecule has 11 nitrogen and oxygen atoms in total. The lowest BCUT2D eigenvalue weighted by Gasteiger charge is -2.39. The molecule has 0 radical (unpaired) electrons. The number of carbonyl (C=O) groups is 3. The Labute approximate surface area is 254 Å². The first-order chi connectivity index (χ1) is 20.5. The number of hydrogen-bond donors (Lipinski definition) is 2. The molecule has 0 bridgehead atoms. The van der Waals surface area contributed by atoms with E-state index < -0.39 is 17.5 Å². The van der Waals surface area contributed by atoms with Crippen LogP contribution in [0.1, 0.15) is 73.0 Å². The van der Waals surface area contributed by atoms with Gasteiger partial charge in [0, 0.05) is 30.1 Å². The summed E-state index contributed by atoms with van der Waals surface area (Å²) in [5.41, 5.74) is 1.50. The Bertz CT molecular complexity index is 1610. The molecule has 2 aliphatic rings. The number of H-pyrrole nitrogens is 1. The summed E-state index contributed by atoms with van der Waals surface area (Å²) in [6, 6.07) is 10.5. The molecule has 0 spiro atoms. The molecule has 3 aromatic rings. The lowest BCUT2D eigenvalue weighted by Crippen LogP contribution is -2.55. The van der Waals surface area contributed by atoms with Crippen molar-refractivity contribution in [3.63, 3.8) is 0 Å². The van der Waals surface area contributed by atoms with Crippen LogP contribution in [0.15, 0.2) is 47.3 Å². The van der Waals surface area contributed by atoms with Crippen LogP contribution in [0.25, 0.3) is 0 Å². The molecule has 2 saturated heterocycles. The second-order valence-electron chi connectivity index (χ2n) is 11.2. The third-order valence-electron chi connectivity index (χ3n) is 8.18. The number of amides is 3. The van der Waals surface area contributed by atoms with Gasteiger partial charge in [0.2, 0.25) is 11.8 Å². The van der Waals surface area contributed by atoms with Crippen molar-refractivity contribution in [2.45, 2.75) is 77.5 Å². The van der Waals surface area contributed by atoms with Crippen LogP contribution in [0.4, 0.5) is 0 Å². The summed E-state index contributed by atoms with van der Waals surface area (Å²) in [4.78, 5) is 60.0. The maximum absolute atomic E-state index is 14.1. The number of halogens is 1. The summed E-state index contributed by atoms with van der Waals surface area (Å²) in [6.07, 6.45) is 2.76. The highest BCUT2D eigenvalue weighted by Crippen LogP contribution is 2.40. The SMILES string of the molecule is Cc1cc(Oc2ccc(C(=O)N[C@H](C)C(=O)N3[C@@H]([C@H](C)N4CCCC4=O)CC[C@H]3c3cccc(Cl)c3)nc2C)c(=O)[nH]n1. The minimum absolute atomic E-state index is 0.0631. The lowest BCUT2D eigenvalue weighted by molar-refractivity contribution is -0.140. The molecule has 1 aromatic carbocycles. The Morgan fingerprint density at radius 3 is 2.58 bits per heavy atom. The minimum Gasteiger partial charge on any atom is -0.450 e. The molecule has 3 amide bonds. The third kappa shape index (κ3) is 6.41. The van der Waals surface area contributed by atoms with E-state index in [4.69, 9.17) is 16.3 Å². The first-order valence-electron chi connectivity index (χ1n) is 14.4. The molecule has 2 fully saturated rings. The largest absolute Gasteiger partial charge is 0.450 e. The zero-order valence-electron chi connectivity index (χ0n) is 24.6. The van der Waals surface area contributed by atoms with Crippen molar-refractivity contribution in [2.75, 3.05) is 6.54 Å². The maximum Gasteiger partial charge on any atom is 0.307 e. The van der Waals surface area contributed by atoms with Gasteiger partial charge in [-0.2, -0.15) is 5.10 Å². The number of carbonyl (C=O) groups excluding carboxylic acids is 3. The first-order valence-corrected chi connectivity index (χ1v) is 14.8. The van der Waals surface area contributed by atoms with Gasteiger partial charge in [-0.05, 0) is 76.8 Å². The van der Waals surface area contributed by atoms with E-state index in [2.05, 4.69) is 20.5 Å². The van der Waals surface area contributed by atoms with Crippen LogP contribution in [0.2, 0.25) is 5.02 Å². The van der Waals surface area contributed by atoms with Gasteiger partial charge in [-0.3, -0.25) is 19.2 Å². The van der Waals surface area contributed by atoms with Crippen molar-refractivity contribution < 1.29 is 19.1 Å². The number of aryl methyl sites for hydroxylation is 2. The fraction of sp³-hybridized carbons (Fsp3) is 0.419. The predicted molar refractivity (Wildman–Crippen MR) is 160 cm³/mol. The monoisotopic (exact) mass is 606 g/mol. The number of aromatic nitrogens is 3. The van der Waals surface area contributed by atoms with E-state index in [1.807, 2.05) is 34.9 Å². The first kappa shape index (κ1) is 30.2. The number of pyridine rings is 1. The molecular formula is C31H35ClN6O5. The molecule has 5 rings (SSSR count). The Kier molecular flexibility index (Phi) is 8.82. The highest BCUT2D eigenvalue weighted by molar-refractivity contribution is 6.30. The Hall–Kier alpha value is -4.25. The lowest BCUT2D eigenvalue weighted by atomic mass is 10.0. The second kappa shape index (κ2) is 12.5. The molecule has 2 N–H and O–H groups in total. The van der Waals surface area contributed by atoms with Gasteiger partial charge in [0.25, 0.3) is 5.91 Å². The molecule has 4 heterocycles. The van der Waals surface area contributed by atoms with Crippen LogP contribution in [0, 0.1) is 13.8 Å². The quantitative estimate of drug-likeness (QED) is 0.394. The topological polar surface area (TPSA) is 138 Å². The van der Waals surface area contributed by atoms with Gasteiger partial charge >= 0.3 is 5.56 Å². The smallest absolute Gasteiger partial charge is 0.307 e. The summed E-state index contributed by atoms with van der Waals surface area (Å²) in [6.45, 7) is 7.70. The maximum atomic E-state index is 14.1. The van der Waals surface area contributed by atoms with Crippen molar-refractivity contribution in [2.24, 2.45) is 0 Å². The molecule has 0 aliphatic carbocycles. The highest BCUT2D eigenvalue weighted by atomic mass is 35.5. The molecular weight excluding hydrogens is 572 g/mol. The zero-order chi connectivity index (χ0) is 30.8. The standard InChI is InChI=1S/C31H35ClN6O5/c1-17-15-27(30(41)36-35-17)43-26-13-10-23(33-18(26)2)29(40)34-19(3)31(42)38-24(20(4)37-14-6-9-28(37)39)11-12-25(38)21-7-5-8-22(32)16-21/h5,7-8,10,13,15-16,19-20,24-25H,6,9,11-12,14H2,1-4H3,(H,34,40)(H,36,41)/t19-,20+,24-,25+/m1/s1. The van der Waals surface area contributed by atoms with Gasteiger partial charge in [-0.15, -0.1) is 0 Å². The van der Waals surface area contributed by atoms with Crippen LogP contribution < -0.4 is 15.6 Å². The highest BCUT2D eigenvalue weighted by Gasteiger charge is 2.44. The van der Waals surface area contributed by atoms with Crippen LogP contribution in [0.3, 0.4) is 0 Å². The van der Waals surface area contributed by atoms with Gasteiger partial charge < -0.3 is 19.9 Å². The summed E-state index contributed by atoms with van der Waals surface area (Å²) in [5, 5.41) is 9.58. The number of nitrogens with one attached hydrogen (secondary N) is 2. The van der Waals surface area contributed by atoms with E-state index >= 15 is 0 Å². The number of hydrogen-bond acceptors (Lipinski definition) is 7. The molecule has 0 unspecified atom stereocenters. The Balaban J connectivity index is 1.34. The third-order valence-corrected chi connectivity index (χ3v) is 8.42. The average Bonchev–Trinajstić information content (AvgIpc) is 3.61. The van der Waals surface area contributed by atoms with Gasteiger partial charge in [0.15, 0.2) is 5.75 Å². The number of likely N-dealkylation sites (tertiary alicyclic amines) is 2. The molecule has 226 valence electrons. The van der Waals surface area contributed by atoms with Gasteiger partial charge in [0.05, 0.1) is 23.5 Å². The van der Waals surface area contributed by atoms with E-state index in [0.717, 1.165) is 18.4 Å². The van der Waals surface area contributed by atoms with E-state index in [0.29, 0.717) is 41.5 Å². The van der Waals surface area contributed by atoms with Crippen molar-refractivity contribution in [1.82, 2.24) is 30.3 Å².